The molecule has 2 aliphatic rings. The molecule has 148 valence electrons. The fourth-order valence-electron chi connectivity index (χ4n) is 3.85. The number of likely N-dealkylation sites (tertiary alicyclic amines) is 1. The second kappa shape index (κ2) is 7.57. The Morgan fingerprint density at radius 1 is 1.30 bits per heavy atom. The van der Waals surface area contributed by atoms with Crippen molar-refractivity contribution in [3.8, 4) is 0 Å². The van der Waals surface area contributed by atoms with Gasteiger partial charge in [-0.2, -0.15) is 0 Å². The van der Waals surface area contributed by atoms with Gasteiger partial charge in [0.2, 0.25) is 21.8 Å². The Morgan fingerprint density at radius 2 is 2.04 bits per heavy atom. The standard InChI is InChI=1S/C18H26N4O4S/c1-12(19)13-4-3-7-21(10-13)18(24)14-8-17(23)22(11-14)15-5-2-6-16(9-15)27(20,25)26/h2,5-6,9,12-14H,3-4,7-8,10-11,19H2,1H3,(H2,20,25,26). The number of carbonyl (C=O) groups excluding carboxylic acids is 2. The summed E-state index contributed by atoms with van der Waals surface area (Å²) in [5.41, 5.74) is 6.43. The lowest BCUT2D eigenvalue weighted by Gasteiger charge is -2.35. The molecule has 3 atom stereocenters. The molecule has 0 bridgehead atoms. The molecule has 0 saturated carbocycles. The molecule has 8 nitrogen and oxygen atoms in total. The maximum atomic E-state index is 12.9. The van der Waals surface area contributed by atoms with Gasteiger partial charge in [0.1, 0.15) is 0 Å². The van der Waals surface area contributed by atoms with E-state index in [1.165, 1.54) is 23.1 Å². The monoisotopic (exact) mass is 394 g/mol. The van der Waals surface area contributed by atoms with Crippen LogP contribution in [0.15, 0.2) is 29.2 Å². The number of carbonyl (C=O) groups is 2. The minimum absolute atomic E-state index is 0.0289. The van der Waals surface area contributed by atoms with Crippen LogP contribution in [-0.4, -0.2) is 50.8 Å². The third-order valence-corrected chi connectivity index (χ3v) is 6.36. The van der Waals surface area contributed by atoms with Gasteiger partial charge in [0.25, 0.3) is 0 Å². The highest BCUT2D eigenvalue weighted by atomic mass is 32.2. The number of sulfonamides is 1. The van der Waals surface area contributed by atoms with Gasteiger partial charge in [-0.3, -0.25) is 9.59 Å². The van der Waals surface area contributed by atoms with Crippen LogP contribution in [0.2, 0.25) is 0 Å². The molecule has 2 heterocycles. The van der Waals surface area contributed by atoms with Gasteiger partial charge in [-0.15, -0.1) is 0 Å². The summed E-state index contributed by atoms with van der Waals surface area (Å²) in [7, 11) is -3.86. The molecule has 3 rings (SSSR count). The van der Waals surface area contributed by atoms with Crippen molar-refractivity contribution in [3.05, 3.63) is 24.3 Å². The van der Waals surface area contributed by atoms with Crippen LogP contribution in [0.3, 0.4) is 0 Å². The summed E-state index contributed by atoms with van der Waals surface area (Å²) in [4.78, 5) is 28.6. The van der Waals surface area contributed by atoms with Gasteiger partial charge in [-0.25, -0.2) is 13.6 Å². The Balaban J connectivity index is 1.73. The molecule has 2 amide bonds. The number of hydrogen-bond acceptors (Lipinski definition) is 5. The van der Waals surface area contributed by atoms with Crippen molar-refractivity contribution in [2.24, 2.45) is 22.7 Å². The zero-order chi connectivity index (χ0) is 19.8. The van der Waals surface area contributed by atoms with Crippen molar-refractivity contribution in [1.82, 2.24) is 4.90 Å². The molecule has 2 saturated heterocycles. The first-order valence-electron chi connectivity index (χ1n) is 9.14. The largest absolute Gasteiger partial charge is 0.342 e. The number of benzene rings is 1. The molecule has 2 aliphatic heterocycles. The van der Waals surface area contributed by atoms with E-state index < -0.39 is 15.9 Å². The lowest BCUT2D eigenvalue weighted by atomic mass is 9.91. The van der Waals surface area contributed by atoms with Gasteiger partial charge in [0, 0.05) is 37.8 Å². The summed E-state index contributed by atoms with van der Waals surface area (Å²) >= 11 is 0. The predicted molar refractivity (Wildman–Crippen MR) is 101 cm³/mol. The summed E-state index contributed by atoms with van der Waals surface area (Å²) in [6.45, 7) is 3.51. The maximum absolute atomic E-state index is 12.9. The molecule has 0 spiro atoms. The van der Waals surface area contributed by atoms with Crippen LogP contribution in [0.5, 0.6) is 0 Å². The molecule has 3 unspecified atom stereocenters. The summed E-state index contributed by atoms with van der Waals surface area (Å²) in [6, 6.07) is 5.96. The fourth-order valence-corrected chi connectivity index (χ4v) is 4.40. The van der Waals surface area contributed by atoms with E-state index in [0.29, 0.717) is 18.8 Å². The molecule has 4 N–H and O–H groups in total. The van der Waals surface area contributed by atoms with Crippen LogP contribution in [0, 0.1) is 11.8 Å². The number of nitrogens with two attached hydrogens (primary N) is 2. The zero-order valence-electron chi connectivity index (χ0n) is 15.4. The van der Waals surface area contributed by atoms with E-state index in [-0.39, 0.29) is 41.6 Å². The number of hydrogen-bond donors (Lipinski definition) is 2. The van der Waals surface area contributed by atoms with E-state index >= 15 is 0 Å². The quantitative estimate of drug-likeness (QED) is 0.758. The predicted octanol–water partition coefficient (Wildman–Crippen LogP) is 0.273. The SMILES string of the molecule is CC(N)C1CCCN(C(=O)C2CC(=O)N(c3cccc(S(N)(=O)=O)c3)C2)C1. The topological polar surface area (TPSA) is 127 Å². The fraction of sp³-hybridized carbons (Fsp3) is 0.556. The van der Waals surface area contributed by atoms with Crippen LogP contribution in [-0.2, 0) is 19.6 Å². The number of primary sulfonamides is 1. The average Bonchev–Trinajstić information content (AvgIpc) is 3.02. The third-order valence-electron chi connectivity index (χ3n) is 5.45. The van der Waals surface area contributed by atoms with E-state index in [9.17, 15) is 18.0 Å². The summed E-state index contributed by atoms with van der Waals surface area (Å²) in [6.07, 6.45) is 2.05. The number of amides is 2. The van der Waals surface area contributed by atoms with Crippen LogP contribution in [0.1, 0.15) is 26.2 Å². The van der Waals surface area contributed by atoms with Crippen molar-refractivity contribution in [2.45, 2.75) is 37.1 Å². The van der Waals surface area contributed by atoms with Crippen molar-refractivity contribution in [3.63, 3.8) is 0 Å². The molecule has 0 radical (unpaired) electrons. The van der Waals surface area contributed by atoms with Gasteiger partial charge < -0.3 is 15.5 Å². The molecule has 0 aliphatic carbocycles. The normalized spacial score (nSPS) is 24.9. The maximum Gasteiger partial charge on any atom is 0.238 e. The van der Waals surface area contributed by atoms with Crippen molar-refractivity contribution >= 4 is 27.5 Å². The number of nitrogens with zero attached hydrogens (tertiary/aromatic N) is 2. The molecule has 1 aromatic rings. The van der Waals surface area contributed by atoms with E-state index in [2.05, 4.69) is 0 Å². The first kappa shape index (κ1) is 19.8. The second-order valence-corrected chi connectivity index (χ2v) is 9.05. The molecule has 2 fully saturated rings. The Morgan fingerprint density at radius 3 is 2.70 bits per heavy atom. The molecular formula is C18H26N4O4S. The Hall–Kier alpha value is -1.97. The minimum atomic E-state index is -3.86. The third kappa shape index (κ3) is 4.31. The van der Waals surface area contributed by atoms with Gasteiger partial charge >= 0.3 is 0 Å². The van der Waals surface area contributed by atoms with E-state index in [1.807, 2.05) is 11.8 Å². The van der Waals surface area contributed by atoms with Crippen molar-refractivity contribution < 1.29 is 18.0 Å². The van der Waals surface area contributed by atoms with Gasteiger partial charge in [-0.1, -0.05) is 6.07 Å². The number of rotatable bonds is 4. The van der Waals surface area contributed by atoms with Gasteiger partial charge in [0.15, 0.2) is 0 Å². The lowest BCUT2D eigenvalue weighted by Crippen LogP contribution is -2.47. The van der Waals surface area contributed by atoms with E-state index in [1.54, 1.807) is 6.07 Å². The van der Waals surface area contributed by atoms with E-state index in [4.69, 9.17) is 10.9 Å². The van der Waals surface area contributed by atoms with Gasteiger partial charge in [0.05, 0.1) is 10.8 Å². The van der Waals surface area contributed by atoms with Gasteiger partial charge in [-0.05, 0) is 43.9 Å². The van der Waals surface area contributed by atoms with Crippen molar-refractivity contribution in [2.75, 3.05) is 24.5 Å². The summed E-state index contributed by atoms with van der Waals surface area (Å²) < 4.78 is 23.1. The first-order chi connectivity index (χ1) is 12.7. The van der Waals surface area contributed by atoms with Crippen LogP contribution >= 0.6 is 0 Å². The Bertz CT molecular complexity index is 840. The van der Waals surface area contributed by atoms with E-state index in [0.717, 1.165) is 12.8 Å². The highest BCUT2D eigenvalue weighted by molar-refractivity contribution is 7.89. The summed E-state index contributed by atoms with van der Waals surface area (Å²) in [5.74, 6) is -0.371. The first-order valence-corrected chi connectivity index (χ1v) is 10.7. The molecular weight excluding hydrogens is 368 g/mol. The van der Waals surface area contributed by atoms with Crippen molar-refractivity contribution in [1.29, 1.82) is 0 Å². The molecule has 0 aromatic heterocycles. The molecule has 27 heavy (non-hydrogen) atoms. The highest BCUT2D eigenvalue weighted by Crippen LogP contribution is 2.29. The second-order valence-electron chi connectivity index (χ2n) is 7.49. The van der Waals surface area contributed by atoms with Crippen LogP contribution in [0.4, 0.5) is 5.69 Å². The number of anilines is 1. The Labute approximate surface area is 159 Å². The molecule has 1 aromatic carbocycles. The van der Waals surface area contributed by atoms with Crippen LogP contribution in [0.25, 0.3) is 0 Å². The molecule has 9 heteroatoms. The smallest absolute Gasteiger partial charge is 0.238 e. The zero-order valence-corrected chi connectivity index (χ0v) is 16.2. The lowest BCUT2D eigenvalue weighted by molar-refractivity contribution is -0.137. The highest BCUT2D eigenvalue weighted by Gasteiger charge is 2.38. The summed E-state index contributed by atoms with van der Waals surface area (Å²) in [5, 5.41) is 5.17. The Kier molecular flexibility index (Phi) is 5.55. The average molecular weight is 394 g/mol. The van der Waals surface area contributed by atoms with Crippen LogP contribution < -0.4 is 15.8 Å². The minimum Gasteiger partial charge on any atom is -0.342 e. The number of piperidine rings is 1.